The molecule has 2 amide bonds. The highest BCUT2D eigenvalue weighted by Crippen LogP contribution is 2.30. The average molecular weight is 403 g/mol. The number of nitrogens with one attached hydrogen (secondary N) is 1. The van der Waals surface area contributed by atoms with Gasteiger partial charge in [0.15, 0.2) is 6.29 Å². The summed E-state index contributed by atoms with van der Waals surface area (Å²) >= 11 is 6.10. The fourth-order valence-electron chi connectivity index (χ4n) is 3.84. The van der Waals surface area contributed by atoms with Crippen molar-refractivity contribution in [3.05, 3.63) is 58.4 Å². The molecule has 3 rings (SSSR count). The Morgan fingerprint density at radius 3 is 2.25 bits per heavy atom. The fraction of sp³-hybridized carbons (Fsp3) is 0.429. The first-order valence-electron chi connectivity index (χ1n) is 9.45. The zero-order chi connectivity index (χ0) is 20.4. The van der Waals surface area contributed by atoms with E-state index in [1.165, 1.54) is 0 Å². The van der Waals surface area contributed by atoms with Crippen LogP contribution in [0.1, 0.15) is 47.5 Å². The van der Waals surface area contributed by atoms with Crippen LogP contribution < -0.4 is 5.32 Å². The third-order valence-corrected chi connectivity index (χ3v) is 5.44. The molecule has 0 spiro atoms. The maximum Gasteiger partial charge on any atom is 0.319 e. The van der Waals surface area contributed by atoms with E-state index >= 15 is 0 Å². The number of hydrogen-bond acceptors (Lipinski definition) is 3. The molecule has 6 nitrogen and oxygen atoms in total. The number of rotatable bonds is 6. The standard InChI is InChI=1S/C21H27ClN4O2/c1-14(2)26-10-9-16(13-27)20(26)19(15-5-7-17(22)8-6-15)23-18-11-24(3)21(28)25(4)12-18/h5-10,13-14,18-19,23H,11-12H2,1-4H3. The van der Waals surface area contributed by atoms with Crippen LogP contribution in [0.5, 0.6) is 0 Å². The largest absolute Gasteiger partial charge is 0.347 e. The highest BCUT2D eigenvalue weighted by molar-refractivity contribution is 6.30. The lowest BCUT2D eigenvalue weighted by Crippen LogP contribution is -2.57. The molecule has 1 aliphatic heterocycles. The van der Waals surface area contributed by atoms with Gasteiger partial charge in [0.25, 0.3) is 0 Å². The minimum Gasteiger partial charge on any atom is -0.347 e. The molecule has 7 heteroatoms. The van der Waals surface area contributed by atoms with E-state index in [0.717, 1.165) is 17.5 Å². The molecule has 1 saturated heterocycles. The van der Waals surface area contributed by atoms with Crippen LogP contribution in [0, 0.1) is 0 Å². The quantitative estimate of drug-likeness (QED) is 0.751. The second-order valence-electron chi connectivity index (χ2n) is 7.67. The second kappa shape index (κ2) is 8.37. The molecule has 1 aromatic heterocycles. The van der Waals surface area contributed by atoms with Crippen molar-refractivity contribution in [2.75, 3.05) is 27.2 Å². The van der Waals surface area contributed by atoms with Gasteiger partial charge in [0.05, 0.1) is 11.7 Å². The summed E-state index contributed by atoms with van der Waals surface area (Å²) in [5.74, 6) is 0. The molecule has 28 heavy (non-hydrogen) atoms. The Labute approximate surface area is 171 Å². The van der Waals surface area contributed by atoms with E-state index < -0.39 is 0 Å². The SMILES string of the molecule is CC(C)n1ccc(C=O)c1C(NC1CN(C)C(=O)N(C)C1)c1ccc(Cl)cc1. The van der Waals surface area contributed by atoms with E-state index in [2.05, 4.69) is 23.7 Å². The Bertz CT molecular complexity index is 833. The minimum atomic E-state index is -0.199. The molecular formula is C21H27ClN4O2. The summed E-state index contributed by atoms with van der Waals surface area (Å²) in [6, 6.07) is 9.61. The molecule has 1 N–H and O–H groups in total. The first kappa shape index (κ1) is 20.4. The van der Waals surface area contributed by atoms with Crippen molar-refractivity contribution in [2.24, 2.45) is 0 Å². The van der Waals surface area contributed by atoms with E-state index in [1.807, 2.05) is 36.5 Å². The molecule has 2 aromatic rings. The molecule has 1 atom stereocenters. The first-order chi connectivity index (χ1) is 13.3. The summed E-state index contributed by atoms with van der Waals surface area (Å²) in [7, 11) is 3.61. The van der Waals surface area contributed by atoms with Gasteiger partial charge in [-0.15, -0.1) is 0 Å². The van der Waals surface area contributed by atoms with Gasteiger partial charge in [-0.2, -0.15) is 0 Å². The molecule has 1 aromatic carbocycles. The van der Waals surface area contributed by atoms with Gasteiger partial charge >= 0.3 is 6.03 Å². The second-order valence-corrected chi connectivity index (χ2v) is 8.10. The number of aldehydes is 1. The molecule has 2 heterocycles. The fourth-order valence-corrected chi connectivity index (χ4v) is 3.96. The van der Waals surface area contributed by atoms with Crippen LogP contribution in [0.15, 0.2) is 36.5 Å². The van der Waals surface area contributed by atoms with Gasteiger partial charge in [0.1, 0.15) is 0 Å². The molecule has 1 unspecified atom stereocenters. The zero-order valence-electron chi connectivity index (χ0n) is 16.7. The number of likely N-dealkylation sites (N-methyl/N-ethyl adjacent to an activating group) is 2. The van der Waals surface area contributed by atoms with Crippen LogP contribution in [-0.4, -0.2) is 59.9 Å². The van der Waals surface area contributed by atoms with Gasteiger partial charge in [-0.25, -0.2) is 4.79 Å². The topological polar surface area (TPSA) is 57.6 Å². The molecule has 150 valence electrons. The summed E-state index contributed by atoms with van der Waals surface area (Å²) in [6.45, 7) is 5.40. The summed E-state index contributed by atoms with van der Waals surface area (Å²) in [5.41, 5.74) is 2.61. The summed E-state index contributed by atoms with van der Waals surface area (Å²) in [4.78, 5) is 27.3. The van der Waals surface area contributed by atoms with Crippen molar-refractivity contribution < 1.29 is 9.59 Å². The van der Waals surface area contributed by atoms with Crippen molar-refractivity contribution in [3.8, 4) is 0 Å². The Balaban J connectivity index is 2.02. The Morgan fingerprint density at radius 2 is 1.71 bits per heavy atom. The number of carbonyl (C=O) groups is 2. The maximum absolute atomic E-state index is 12.1. The third kappa shape index (κ3) is 4.08. The van der Waals surface area contributed by atoms with Crippen LogP contribution in [0.25, 0.3) is 0 Å². The Hall–Kier alpha value is -2.31. The number of aromatic nitrogens is 1. The molecule has 1 fully saturated rings. The molecular weight excluding hydrogens is 376 g/mol. The van der Waals surface area contributed by atoms with Crippen LogP contribution in [0.3, 0.4) is 0 Å². The summed E-state index contributed by atoms with van der Waals surface area (Å²) in [6.07, 6.45) is 2.86. The van der Waals surface area contributed by atoms with Crippen molar-refractivity contribution in [1.82, 2.24) is 19.7 Å². The summed E-state index contributed by atoms with van der Waals surface area (Å²) in [5, 5.41) is 4.35. The molecule has 0 radical (unpaired) electrons. The highest BCUT2D eigenvalue weighted by Gasteiger charge is 2.31. The smallest absolute Gasteiger partial charge is 0.319 e. The van der Waals surface area contributed by atoms with E-state index in [4.69, 9.17) is 11.6 Å². The predicted octanol–water partition coefficient (Wildman–Crippen LogP) is 3.58. The lowest BCUT2D eigenvalue weighted by molar-refractivity contribution is 0.112. The zero-order valence-corrected chi connectivity index (χ0v) is 17.5. The van der Waals surface area contributed by atoms with Gasteiger partial charge < -0.3 is 14.4 Å². The Morgan fingerprint density at radius 1 is 1.11 bits per heavy atom. The minimum absolute atomic E-state index is 0.0141. The highest BCUT2D eigenvalue weighted by atomic mass is 35.5. The van der Waals surface area contributed by atoms with Crippen LogP contribution in [-0.2, 0) is 0 Å². The Kier molecular flexibility index (Phi) is 6.10. The monoisotopic (exact) mass is 402 g/mol. The predicted molar refractivity (Wildman–Crippen MR) is 111 cm³/mol. The molecule has 0 bridgehead atoms. The van der Waals surface area contributed by atoms with Crippen molar-refractivity contribution in [1.29, 1.82) is 0 Å². The number of amides is 2. The van der Waals surface area contributed by atoms with E-state index in [1.54, 1.807) is 23.9 Å². The van der Waals surface area contributed by atoms with Gasteiger partial charge in [0.2, 0.25) is 0 Å². The van der Waals surface area contributed by atoms with Gasteiger partial charge in [-0.1, -0.05) is 23.7 Å². The lowest BCUT2D eigenvalue weighted by atomic mass is 9.99. The van der Waals surface area contributed by atoms with Crippen molar-refractivity contribution in [3.63, 3.8) is 0 Å². The number of nitrogens with zero attached hydrogens (tertiary/aromatic N) is 3. The van der Waals surface area contributed by atoms with E-state index in [0.29, 0.717) is 23.7 Å². The summed E-state index contributed by atoms with van der Waals surface area (Å²) < 4.78 is 2.12. The van der Waals surface area contributed by atoms with Gasteiger partial charge in [0, 0.05) is 56.1 Å². The normalized spacial score (nSPS) is 16.7. The van der Waals surface area contributed by atoms with Crippen LogP contribution in [0.4, 0.5) is 4.79 Å². The number of halogens is 1. The van der Waals surface area contributed by atoms with Crippen LogP contribution >= 0.6 is 11.6 Å². The van der Waals surface area contributed by atoms with Gasteiger partial charge in [-0.05, 0) is 37.6 Å². The average Bonchev–Trinajstić information content (AvgIpc) is 3.09. The van der Waals surface area contributed by atoms with Gasteiger partial charge in [-0.3, -0.25) is 10.1 Å². The number of hydrogen-bond donors (Lipinski definition) is 1. The third-order valence-electron chi connectivity index (χ3n) is 5.19. The molecule has 0 saturated carbocycles. The van der Waals surface area contributed by atoms with Crippen molar-refractivity contribution in [2.45, 2.75) is 32.0 Å². The number of benzene rings is 1. The van der Waals surface area contributed by atoms with Crippen molar-refractivity contribution >= 4 is 23.9 Å². The van der Waals surface area contributed by atoms with E-state index in [-0.39, 0.29) is 24.2 Å². The molecule has 1 aliphatic rings. The lowest BCUT2D eigenvalue weighted by Gasteiger charge is -2.39. The maximum atomic E-state index is 12.1. The van der Waals surface area contributed by atoms with E-state index in [9.17, 15) is 9.59 Å². The number of urea groups is 1. The first-order valence-corrected chi connectivity index (χ1v) is 9.83. The van der Waals surface area contributed by atoms with Crippen LogP contribution in [0.2, 0.25) is 5.02 Å². The number of carbonyl (C=O) groups excluding carboxylic acids is 2. The molecule has 0 aliphatic carbocycles.